The quantitative estimate of drug-likeness (QED) is 0.643. The highest BCUT2D eigenvalue weighted by Crippen LogP contribution is 2.46. The molecule has 1 aromatic carbocycles. The molecule has 0 radical (unpaired) electrons. The Kier molecular flexibility index (Phi) is 5.21. The average Bonchev–Trinajstić information content (AvgIpc) is 2.86. The first-order valence-corrected chi connectivity index (χ1v) is 9.47. The standard InChI is InChI=1S/C21H28O6/c1-11-16(7-6-15-8-14(23)9-18(24)26-15)20-17(10-21(4,5)27-20)12(2)19(11)25-13(3)22/h14-15,23H,6-10H2,1-5H3. The number of aliphatic hydroxyl groups is 1. The van der Waals surface area contributed by atoms with Gasteiger partial charge in [-0.1, -0.05) is 0 Å². The molecular formula is C21H28O6. The van der Waals surface area contributed by atoms with Crippen LogP contribution in [0.2, 0.25) is 0 Å². The molecular weight excluding hydrogens is 348 g/mol. The van der Waals surface area contributed by atoms with E-state index in [0.717, 1.165) is 34.4 Å². The number of fused-ring (bicyclic) bond motifs is 1. The Morgan fingerprint density at radius 1 is 1.30 bits per heavy atom. The molecule has 1 N–H and O–H groups in total. The van der Waals surface area contributed by atoms with Crippen LogP contribution in [0.5, 0.6) is 11.5 Å². The molecule has 1 fully saturated rings. The molecule has 1 saturated heterocycles. The summed E-state index contributed by atoms with van der Waals surface area (Å²) in [5, 5.41) is 9.82. The fourth-order valence-electron chi connectivity index (χ4n) is 4.09. The van der Waals surface area contributed by atoms with E-state index < -0.39 is 6.10 Å². The molecule has 6 nitrogen and oxygen atoms in total. The molecule has 2 aliphatic heterocycles. The fraction of sp³-hybridized carbons (Fsp3) is 0.619. The summed E-state index contributed by atoms with van der Waals surface area (Å²) in [5.41, 5.74) is 3.54. The van der Waals surface area contributed by atoms with E-state index in [9.17, 15) is 14.7 Å². The summed E-state index contributed by atoms with van der Waals surface area (Å²) in [4.78, 5) is 23.2. The number of aliphatic hydroxyl groups excluding tert-OH is 1. The summed E-state index contributed by atoms with van der Waals surface area (Å²) in [5.74, 6) is 0.740. The molecule has 0 spiro atoms. The molecule has 148 valence electrons. The molecule has 0 amide bonds. The van der Waals surface area contributed by atoms with Gasteiger partial charge in [-0.3, -0.25) is 9.59 Å². The second-order valence-electron chi connectivity index (χ2n) is 8.24. The molecule has 6 heteroatoms. The predicted octanol–water partition coefficient (Wildman–Crippen LogP) is 2.94. The van der Waals surface area contributed by atoms with Crippen LogP contribution in [0, 0.1) is 13.8 Å². The van der Waals surface area contributed by atoms with Crippen molar-refractivity contribution in [3.05, 3.63) is 22.3 Å². The van der Waals surface area contributed by atoms with Gasteiger partial charge < -0.3 is 19.3 Å². The van der Waals surface area contributed by atoms with Crippen molar-refractivity contribution in [1.29, 1.82) is 0 Å². The minimum absolute atomic E-state index is 0.0589. The van der Waals surface area contributed by atoms with Gasteiger partial charge in [0.25, 0.3) is 0 Å². The lowest BCUT2D eigenvalue weighted by atomic mass is 9.90. The van der Waals surface area contributed by atoms with Gasteiger partial charge >= 0.3 is 11.9 Å². The first kappa shape index (κ1) is 19.7. The van der Waals surface area contributed by atoms with Gasteiger partial charge in [-0.05, 0) is 51.7 Å². The van der Waals surface area contributed by atoms with Gasteiger partial charge in [0.05, 0.1) is 12.5 Å². The number of ether oxygens (including phenoxy) is 3. The second kappa shape index (κ2) is 7.15. The van der Waals surface area contributed by atoms with Crippen molar-refractivity contribution in [2.75, 3.05) is 0 Å². The van der Waals surface area contributed by atoms with E-state index in [1.807, 2.05) is 27.7 Å². The van der Waals surface area contributed by atoms with E-state index in [1.54, 1.807) is 0 Å². The van der Waals surface area contributed by atoms with E-state index in [2.05, 4.69) is 0 Å². The highest BCUT2D eigenvalue weighted by Gasteiger charge is 2.36. The van der Waals surface area contributed by atoms with Gasteiger partial charge in [-0.25, -0.2) is 0 Å². The van der Waals surface area contributed by atoms with Gasteiger partial charge in [-0.15, -0.1) is 0 Å². The minimum atomic E-state index is -0.645. The van der Waals surface area contributed by atoms with Crippen molar-refractivity contribution in [3.8, 4) is 11.5 Å². The number of hydrogen-bond donors (Lipinski definition) is 1. The van der Waals surface area contributed by atoms with Crippen molar-refractivity contribution >= 4 is 11.9 Å². The van der Waals surface area contributed by atoms with Gasteiger partial charge in [0, 0.05) is 30.9 Å². The van der Waals surface area contributed by atoms with Crippen molar-refractivity contribution in [2.24, 2.45) is 0 Å². The first-order chi connectivity index (χ1) is 12.6. The van der Waals surface area contributed by atoms with Crippen LogP contribution in [0.15, 0.2) is 0 Å². The fourth-order valence-corrected chi connectivity index (χ4v) is 4.09. The number of cyclic esters (lactones) is 1. The molecule has 2 atom stereocenters. The SMILES string of the molecule is CC(=O)Oc1c(C)c(CCC2CC(O)CC(=O)O2)c2c(c1C)CC(C)(C)O2. The van der Waals surface area contributed by atoms with Crippen molar-refractivity contribution in [1.82, 2.24) is 0 Å². The Hall–Kier alpha value is -2.08. The molecule has 3 rings (SSSR count). The third kappa shape index (κ3) is 4.10. The highest BCUT2D eigenvalue weighted by atomic mass is 16.5. The summed E-state index contributed by atoms with van der Waals surface area (Å²) >= 11 is 0. The Morgan fingerprint density at radius 3 is 2.63 bits per heavy atom. The zero-order valence-electron chi connectivity index (χ0n) is 16.7. The van der Waals surface area contributed by atoms with Crippen LogP contribution in [0.25, 0.3) is 0 Å². The Balaban J connectivity index is 1.93. The summed E-state index contributed by atoms with van der Waals surface area (Å²) in [7, 11) is 0. The monoisotopic (exact) mass is 376 g/mol. The third-order valence-corrected chi connectivity index (χ3v) is 5.31. The van der Waals surface area contributed by atoms with Crippen molar-refractivity contribution in [2.45, 2.75) is 84.5 Å². The molecule has 0 aromatic heterocycles. The molecule has 27 heavy (non-hydrogen) atoms. The number of carbonyl (C=O) groups excluding carboxylic acids is 2. The molecule has 1 aromatic rings. The van der Waals surface area contributed by atoms with Crippen molar-refractivity contribution < 1.29 is 28.9 Å². The average molecular weight is 376 g/mol. The van der Waals surface area contributed by atoms with Crippen LogP contribution in [0.1, 0.15) is 62.3 Å². The highest BCUT2D eigenvalue weighted by molar-refractivity contribution is 5.72. The summed E-state index contributed by atoms with van der Waals surface area (Å²) in [6, 6.07) is 0. The van der Waals surface area contributed by atoms with E-state index in [4.69, 9.17) is 14.2 Å². The molecule has 0 saturated carbocycles. The van der Waals surface area contributed by atoms with Crippen LogP contribution in [0.3, 0.4) is 0 Å². The van der Waals surface area contributed by atoms with Gasteiger partial charge in [0.2, 0.25) is 0 Å². The Bertz CT molecular complexity index is 780. The van der Waals surface area contributed by atoms with Gasteiger partial charge in [-0.2, -0.15) is 0 Å². The van der Waals surface area contributed by atoms with E-state index in [-0.39, 0.29) is 30.1 Å². The number of carbonyl (C=O) groups is 2. The summed E-state index contributed by atoms with van der Waals surface area (Å²) < 4.78 is 17.1. The lowest BCUT2D eigenvalue weighted by Crippen LogP contribution is -2.32. The molecule has 2 aliphatic rings. The zero-order valence-corrected chi connectivity index (χ0v) is 16.7. The maximum absolute atomic E-state index is 11.6. The van der Waals surface area contributed by atoms with Gasteiger partial charge in [0.1, 0.15) is 23.2 Å². The van der Waals surface area contributed by atoms with E-state index >= 15 is 0 Å². The van der Waals surface area contributed by atoms with Crippen LogP contribution in [-0.4, -0.2) is 34.9 Å². The number of rotatable bonds is 4. The smallest absolute Gasteiger partial charge is 0.308 e. The normalized spacial score (nSPS) is 23.4. The summed E-state index contributed by atoms with van der Waals surface area (Å²) in [6.45, 7) is 9.36. The second-order valence-corrected chi connectivity index (χ2v) is 8.24. The van der Waals surface area contributed by atoms with Crippen LogP contribution in [0.4, 0.5) is 0 Å². The van der Waals surface area contributed by atoms with Crippen LogP contribution in [-0.2, 0) is 27.2 Å². The summed E-state index contributed by atoms with van der Waals surface area (Å²) in [6.07, 6.45) is 1.49. The minimum Gasteiger partial charge on any atom is -0.487 e. The lowest BCUT2D eigenvalue weighted by Gasteiger charge is -2.27. The molecule has 0 aliphatic carbocycles. The number of hydrogen-bond acceptors (Lipinski definition) is 6. The molecule has 2 unspecified atom stereocenters. The maximum Gasteiger partial charge on any atom is 0.308 e. The maximum atomic E-state index is 11.6. The van der Waals surface area contributed by atoms with E-state index in [1.165, 1.54) is 6.92 Å². The first-order valence-electron chi connectivity index (χ1n) is 9.47. The Morgan fingerprint density at radius 2 is 2.00 bits per heavy atom. The van der Waals surface area contributed by atoms with Crippen molar-refractivity contribution in [3.63, 3.8) is 0 Å². The third-order valence-electron chi connectivity index (χ3n) is 5.31. The largest absolute Gasteiger partial charge is 0.487 e. The number of esters is 2. The van der Waals surface area contributed by atoms with E-state index in [0.29, 0.717) is 25.0 Å². The Labute approximate surface area is 159 Å². The number of benzene rings is 1. The topological polar surface area (TPSA) is 82.1 Å². The van der Waals surface area contributed by atoms with Crippen LogP contribution >= 0.6 is 0 Å². The molecule has 2 heterocycles. The molecule has 0 bridgehead atoms. The van der Waals surface area contributed by atoms with Gasteiger partial charge in [0.15, 0.2) is 0 Å². The lowest BCUT2D eigenvalue weighted by molar-refractivity contribution is -0.160. The van der Waals surface area contributed by atoms with Crippen LogP contribution < -0.4 is 9.47 Å². The predicted molar refractivity (Wildman–Crippen MR) is 99.1 cm³/mol. The zero-order chi connectivity index (χ0) is 19.9.